The average Bonchev–Trinajstić information content (AvgIpc) is 2.74. The fourth-order valence-electron chi connectivity index (χ4n) is 1.40. The monoisotopic (exact) mass is 254 g/mol. The number of aryl methyl sites for hydroxylation is 3. The first-order valence-electron chi connectivity index (χ1n) is 4.98. The van der Waals surface area contributed by atoms with Crippen molar-refractivity contribution in [2.75, 3.05) is 11.5 Å². The van der Waals surface area contributed by atoms with Gasteiger partial charge in [0.2, 0.25) is 0 Å². The van der Waals surface area contributed by atoms with E-state index < -0.39 is 0 Å². The number of thiazole rings is 1. The minimum atomic E-state index is 0.654. The van der Waals surface area contributed by atoms with Crippen LogP contribution in [0.25, 0.3) is 0 Å². The van der Waals surface area contributed by atoms with Crippen molar-refractivity contribution in [1.82, 2.24) is 14.8 Å². The lowest BCUT2D eigenvalue weighted by atomic mass is 10.3. The Morgan fingerprint density at radius 2 is 2.38 bits per heavy atom. The molecule has 0 saturated heterocycles. The molecular formula is C10H14N4S2. The van der Waals surface area contributed by atoms with Crippen molar-refractivity contribution < 1.29 is 0 Å². The second kappa shape index (κ2) is 4.88. The summed E-state index contributed by atoms with van der Waals surface area (Å²) in [6.45, 7) is 2.00. The molecule has 0 fully saturated rings. The number of anilines is 1. The average molecular weight is 254 g/mol. The molecule has 86 valence electrons. The third-order valence-corrected chi connectivity index (χ3v) is 4.50. The molecule has 0 unspecified atom stereocenters. The van der Waals surface area contributed by atoms with Gasteiger partial charge in [-0.2, -0.15) is 5.10 Å². The van der Waals surface area contributed by atoms with E-state index in [9.17, 15) is 0 Å². The SMILES string of the molecule is Cc1nc(N)sc1SCCc1cnn(C)c1. The third kappa shape index (κ3) is 2.76. The van der Waals surface area contributed by atoms with Gasteiger partial charge in [0.05, 0.1) is 16.1 Å². The topological polar surface area (TPSA) is 56.7 Å². The highest BCUT2D eigenvalue weighted by Crippen LogP contribution is 2.30. The molecule has 0 amide bonds. The summed E-state index contributed by atoms with van der Waals surface area (Å²) >= 11 is 3.37. The van der Waals surface area contributed by atoms with Crippen molar-refractivity contribution in [2.24, 2.45) is 7.05 Å². The molecule has 2 N–H and O–H groups in total. The molecule has 2 rings (SSSR count). The summed E-state index contributed by atoms with van der Waals surface area (Å²) in [4.78, 5) is 4.20. The van der Waals surface area contributed by atoms with E-state index in [1.54, 1.807) is 11.3 Å². The summed E-state index contributed by atoms with van der Waals surface area (Å²) < 4.78 is 3.05. The van der Waals surface area contributed by atoms with Crippen molar-refractivity contribution >= 4 is 28.2 Å². The Bertz CT molecular complexity index is 475. The Hall–Kier alpha value is -1.01. The Balaban J connectivity index is 1.86. The first-order valence-corrected chi connectivity index (χ1v) is 6.78. The number of nitrogen functional groups attached to an aromatic ring is 1. The quantitative estimate of drug-likeness (QED) is 0.849. The largest absolute Gasteiger partial charge is 0.375 e. The number of thioether (sulfide) groups is 1. The number of nitrogens with zero attached hydrogens (tertiary/aromatic N) is 3. The maximum Gasteiger partial charge on any atom is 0.181 e. The van der Waals surface area contributed by atoms with Crippen LogP contribution in [0.2, 0.25) is 0 Å². The van der Waals surface area contributed by atoms with Crippen LogP contribution in [0.15, 0.2) is 16.6 Å². The molecule has 2 aromatic heterocycles. The molecule has 0 aromatic carbocycles. The first kappa shape index (κ1) is 11.5. The van der Waals surface area contributed by atoms with Crippen LogP contribution in [-0.2, 0) is 13.5 Å². The fraction of sp³-hybridized carbons (Fsp3) is 0.400. The van der Waals surface area contributed by atoms with Crippen LogP contribution in [0.1, 0.15) is 11.3 Å². The van der Waals surface area contributed by atoms with Crippen LogP contribution in [0.5, 0.6) is 0 Å². The molecule has 2 aromatic rings. The molecule has 4 nitrogen and oxygen atoms in total. The van der Waals surface area contributed by atoms with Gasteiger partial charge in [0.25, 0.3) is 0 Å². The van der Waals surface area contributed by atoms with Crippen molar-refractivity contribution in [3.8, 4) is 0 Å². The van der Waals surface area contributed by atoms with Gasteiger partial charge in [-0.15, -0.1) is 11.8 Å². The van der Waals surface area contributed by atoms with Crippen LogP contribution in [0.3, 0.4) is 0 Å². The fourth-order valence-corrected chi connectivity index (χ4v) is 3.48. The molecule has 2 heterocycles. The predicted octanol–water partition coefficient (Wildman–Crippen LogP) is 2.10. The lowest BCUT2D eigenvalue weighted by Gasteiger charge is -1.97. The maximum atomic E-state index is 5.65. The minimum Gasteiger partial charge on any atom is -0.375 e. The van der Waals surface area contributed by atoms with E-state index in [4.69, 9.17) is 5.73 Å². The molecule has 0 aliphatic heterocycles. The zero-order chi connectivity index (χ0) is 11.5. The van der Waals surface area contributed by atoms with Crippen LogP contribution >= 0.6 is 23.1 Å². The number of rotatable bonds is 4. The zero-order valence-corrected chi connectivity index (χ0v) is 10.9. The first-order chi connectivity index (χ1) is 7.65. The van der Waals surface area contributed by atoms with Crippen LogP contribution in [0, 0.1) is 6.92 Å². The second-order valence-electron chi connectivity index (χ2n) is 3.55. The van der Waals surface area contributed by atoms with Crippen LogP contribution in [0.4, 0.5) is 5.13 Å². The van der Waals surface area contributed by atoms with E-state index in [-0.39, 0.29) is 0 Å². The molecule has 0 aliphatic carbocycles. The number of aromatic nitrogens is 3. The Kier molecular flexibility index (Phi) is 3.50. The molecule has 0 saturated carbocycles. The van der Waals surface area contributed by atoms with E-state index in [1.165, 1.54) is 9.77 Å². The summed E-state index contributed by atoms with van der Waals surface area (Å²) in [5, 5.41) is 4.80. The summed E-state index contributed by atoms with van der Waals surface area (Å²) in [6.07, 6.45) is 4.98. The van der Waals surface area contributed by atoms with Gasteiger partial charge in [-0.05, 0) is 18.9 Å². The molecule has 0 aliphatic rings. The molecular weight excluding hydrogens is 240 g/mol. The lowest BCUT2D eigenvalue weighted by molar-refractivity contribution is 0.767. The van der Waals surface area contributed by atoms with Gasteiger partial charge < -0.3 is 5.73 Å². The van der Waals surface area contributed by atoms with Crippen molar-refractivity contribution in [3.63, 3.8) is 0 Å². The lowest BCUT2D eigenvalue weighted by Crippen LogP contribution is -1.87. The zero-order valence-electron chi connectivity index (χ0n) is 9.30. The number of hydrogen-bond donors (Lipinski definition) is 1. The molecule has 0 radical (unpaired) electrons. The number of hydrogen-bond acceptors (Lipinski definition) is 5. The van der Waals surface area contributed by atoms with Gasteiger partial charge in [-0.3, -0.25) is 4.68 Å². The molecule has 0 spiro atoms. The molecule has 6 heteroatoms. The third-order valence-electron chi connectivity index (χ3n) is 2.15. The van der Waals surface area contributed by atoms with Crippen LogP contribution < -0.4 is 5.73 Å². The van der Waals surface area contributed by atoms with Gasteiger partial charge in [0.15, 0.2) is 5.13 Å². The Labute approximate surface area is 103 Å². The van der Waals surface area contributed by atoms with E-state index in [0.29, 0.717) is 5.13 Å². The van der Waals surface area contributed by atoms with Crippen molar-refractivity contribution in [3.05, 3.63) is 23.7 Å². The smallest absolute Gasteiger partial charge is 0.181 e. The molecule has 0 bridgehead atoms. The summed E-state index contributed by atoms with van der Waals surface area (Å²) in [5.74, 6) is 1.04. The second-order valence-corrected chi connectivity index (χ2v) is 5.94. The normalized spacial score (nSPS) is 10.9. The standard InChI is InChI=1S/C10H14N4S2/c1-7-9(16-10(11)13-7)15-4-3-8-5-12-14(2)6-8/h5-6H,3-4H2,1-2H3,(H2,11,13). The van der Waals surface area contributed by atoms with Crippen LogP contribution in [-0.4, -0.2) is 20.5 Å². The van der Waals surface area contributed by atoms with Crippen molar-refractivity contribution in [1.29, 1.82) is 0 Å². The Morgan fingerprint density at radius 1 is 1.56 bits per heavy atom. The molecule has 0 atom stereocenters. The van der Waals surface area contributed by atoms with Gasteiger partial charge >= 0.3 is 0 Å². The van der Waals surface area contributed by atoms with Crippen molar-refractivity contribution in [2.45, 2.75) is 17.6 Å². The number of nitrogens with two attached hydrogens (primary N) is 1. The Morgan fingerprint density at radius 3 is 2.94 bits per heavy atom. The molecule has 16 heavy (non-hydrogen) atoms. The predicted molar refractivity (Wildman–Crippen MR) is 68.9 cm³/mol. The highest BCUT2D eigenvalue weighted by atomic mass is 32.2. The summed E-state index contributed by atoms with van der Waals surface area (Å²) in [6, 6.07) is 0. The maximum absolute atomic E-state index is 5.65. The minimum absolute atomic E-state index is 0.654. The highest BCUT2D eigenvalue weighted by molar-refractivity contribution is 8.01. The summed E-state index contributed by atoms with van der Waals surface area (Å²) in [7, 11) is 1.94. The van der Waals surface area contributed by atoms with E-state index in [1.807, 2.05) is 36.6 Å². The van der Waals surface area contributed by atoms with Gasteiger partial charge in [0.1, 0.15) is 0 Å². The van der Waals surface area contributed by atoms with Gasteiger partial charge in [-0.1, -0.05) is 11.3 Å². The van der Waals surface area contributed by atoms with E-state index in [2.05, 4.69) is 16.3 Å². The van der Waals surface area contributed by atoms with Gasteiger partial charge in [0, 0.05) is 19.0 Å². The summed E-state index contributed by atoms with van der Waals surface area (Å²) in [5.41, 5.74) is 7.96. The highest BCUT2D eigenvalue weighted by Gasteiger charge is 2.05. The van der Waals surface area contributed by atoms with E-state index >= 15 is 0 Å². The van der Waals surface area contributed by atoms with E-state index in [0.717, 1.165) is 17.9 Å². The van der Waals surface area contributed by atoms with Gasteiger partial charge in [-0.25, -0.2) is 4.98 Å².